The van der Waals surface area contributed by atoms with Gasteiger partial charge in [0.2, 0.25) is 0 Å². The van der Waals surface area contributed by atoms with E-state index in [0.717, 1.165) is 23.1 Å². The maximum absolute atomic E-state index is 5.47. The molecule has 0 spiro atoms. The number of pyridine rings is 1. The first-order valence-corrected chi connectivity index (χ1v) is 12.8. The van der Waals surface area contributed by atoms with Crippen molar-refractivity contribution in [3.05, 3.63) is 36.0 Å². The summed E-state index contributed by atoms with van der Waals surface area (Å²) in [6.45, 7) is 11.0. The van der Waals surface area contributed by atoms with Crippen molar-refractivity contribution in [3.63, 3.8) is 0 Å². The quantitative estimate of drug-likeness (QED) is 0.331. The van der Waals surface area contributed by atoms with Crippen LogP contribution in [0, 0.1) is 11.8 Å². The lowest BCUT2D eigenvalue weighted by molar-refractivity contribution is 0.107. The van der Waals surface area contributed by atoms with Crippen molar-refractivity contribution in [2.24, 2.45) is 11.8 Å². The van der Waals surface area contributed by atoms with Gasteiger partial charge in [-0.3, -0.25) is 4.98 Å². The molecule has 2 heterocycles. The van der Waals surface area contributed by atoms with Gasteiger partial charge in [0.1, 0.15) is 5.75 Å². The highest BCUT2D eigenvalue weighted by molar-refractivity contribution is 5.84. The number of nitrogens with zero attached hydrogens (tertiary/aromatic N) is 2. The van der Waals surface area contributed by atoms with Crippen LogP contribution in [0.3, 0.4) is 0 Å². The van der Waals surface area contributed by atoms with Crippen LogP contribution in [0.5, 0.6) is 5.75 Å². The molecule has 0 aliphatic carbocycles. The van der Waals surface area contributed by atoms with Gasteiger partial charge >= 0.3 is 0 Å². The third kappa shape index (κ3) is 6.68. The Kier molecular flexibility index (Phi) is 9.64. The van der Waals surface area contributed by atoms with E-state index in [4.69, 9.17) is 4.74 Å². The number of hydrogen-bond acceptors (Lipinski definition) is 3. The van der Waals surface area contributed by atoms with E-state index in [1.54, 1.807) is 7.11 Å². The molecule has 31 heavy (non-hydrogen) atoms. The van der Waals surface area contributed by atoms with Crippen molar-refractivity contribution in [2.75, 3.05) is 26.7 Å². The SMILES string of the molecule is CCCCCCCN1CC[C@@H](CCC(C)c2ccnc3ccc(OC)cc23)[C@@H](CC)C1. The first kappa shape index (κ1) is 24.0. The van der Waals surface area contributed by atoms with Gasteiger partial charge in [-0.15, -0.1) is 0 Å². The molecule has 1 saturated heterocycles. The van der Waals surface area contributed by atoms with Gasteiger partial charge < -0.3 is 9.64 Å². The molecule has 0 radical (unpaired) electrons. The van der Waals surface area contributed by atoms with Crippen LogP contribution < -0.4 is 4.74 Å². The Bertz CT molecular complexity index is 790. The van der Waals surface area contributed by atoms with Crippen molar-refractivity contribution in [2.45, 2.75) is 84.5 Å². The molecular weight excluding hydrogens is 380 g/mol. The summed E-state index contributed by atoms with van der Waals surface area (Å²) in [5.41, 5.74) is 2.49. The van der Waals surface area contributed by atoms with Crippen molar-refractivity contribution < 1.29 is 4.74 Å². The molecule has 1 aliphatic rings. The van der Waals surface area contributed by atoms with Crippen LogP contribution in [-0.2, 0) is 0 Å². The molecule has 0 bridgehead atoms. The molecular formula is C28H44N2O. The summed E-state index contributed by atoms with van der Waals surface area (Å²) in [6, 6.07) is 8.45. The van der Waals surface area contributed by atoms with Gasteiger partial charge in [0.05, 0.1) is 12.6 Å². The number of fused-ring (bicyclic) bond motifs is 1. The Balaban J connectivity index is 1.53. The zero-order valence-electron chi connectivity index (χ0n) is 20.4. The summed E-state index contributed by atoms with van der Waals surface area (Å²) >= 11 is 0. The summed E-state index contributed by atoms with van der Waals surface area (Å²) in [5.74, 6) is 3.21. The van der Waals surface area contributed by atoms with Crippen molar-refractivity contribution in [1.82, 2.24) is 9.88 Å². The number of rotatable bonds is 12. The van der Waals surface area contributed by atoms with E-state index in [0.29, 0.717) is 5.92 Å². The molecule has 2 aromatic rings. The number of likely N-dealkylation sites (tertiary alicyclic amines) is 1. The molecule has 172 valence electrons. The first-order valence-electron chi connectivity index (χ1n) is 12.8. The van der Waals surface area contributed by atoms with Gasteiger partial charge in [0, 0.05) is 18.1 Å². The minimum absolute atomic E-state index is 0.548. The van der Waals surface area contributed by atoms with Crippen LogP contribution in [-0.4, -0.2) is 36.6 Å². The van der Waals surface area contributed by atoms with Crippen LogP contribution in [0.2, 0.25) is 0 Å². The molecule has 3 atom stereocenters. The summed E-state index contributed by atoms with van der Waals surface area (Å²) in [6.07, 6.45) is 14.2. The topological polar surface area (TPSA) is 25.4 Å². The fourth-order valence-electron chi connectivity index (χ4n) is 5.46. The lowest BCUT2D eigenvalue weighted by atomic mass is 9.78. The zero-order valence-corrected chi connectivity index (χ0v) is 20.4. The normalized spacial score (nSPS) is 20.8. The van der Waals surface area contributed by atoms with E-state index in [-0.39, 0.29) is 0 Å². The lowest BCUT2D eigenvalue weighted by Crippen LogP contribution is -2.40. The molecule has 0 amide bonds. The predicted molar refractivity (Wildman–Crippen MR) is 133 cm³/mol. The number of aromatic nitrogens is 1. The number of methoxy groups -OCH3 is 1. The first-order chi connectivity index (χ1) is 15.2. The predicted octanol–water partition coefficient (Wildman–Crippen LogP) is 7.45. The Morgan fingerprint density at radius 3 is 2.71 bits per heavy atom. The summed E-state index contributed by atoms with van der Waals surface area (Å²) in [4.78, 5) is 7.32. The second-order valence-corrected chi connectivity index (χ2v) is 9.69. The summed E-state index contributed by atoms with van der Waals surface area (Å²) in [5, 5.41) is 1.25. The van der Waals surface area contributed by atoms with Gasteiger partial charge in [-0.25, -0.2) is 0 Å². The van der Waals surface area contributed by atoms with E-state index in [1.807, 2.05) is 12.3 Å². The van der Waals surface area contributed by atoms with Gasteiger partial charge in [-0.1, -0.05) is 52.9 Å². The number of benzene rings is 1. The Labute approximate surface area is 190 Å². The molecule has 0 saturated carbocycles. The van der Waals surface area contributed by atoms with Crippen LogP contribution in [0.25, 0.3) is 10.9 Å². The fraction of sp³-hybridized carbons (Fsp3) is 0.679. The number of unbranched alkanes of at least 4 members (excludes halogenated alkanes) is 4. The maximum Gasteiger partial charge on any atom is 0.119 e. The Morgan fingerprint density at radius 2 is 1.94 bits per heavy atom. The zero-order chi connectivity index (χ0) is 22.1. The van der Waals surface area contributed by atoms with Crippen molar-refractivity contribution >= 4 is 10.9 Å². The standard InChI is InChI=1S/C28H44N2O/c1-5-7-8-9-10-18-30-19-16-24(23(6-2)21-30)12-11-22(3)26-15-17-29-28-14-13-25(31-4)20-27(26)28/h13-15,17,20,22-24H,5-12,16,18-19,21H2,1-4H3/t22?,23-,24+/m0/s1. The molecule has 1 unspecified atom stereocenters. The van der Waals surface area contributed by atoms with Gasteiger partial charge in [-0.05, 0) is 86.4 Å². The third-order valence-electron chi connectivity index (χ3n) is 7.56. The van der Waals surface area contributed by atoms with Crippen LogP contribution in [0.4, 0.5) is 0 Å². The number of hydrogen-bond donors (Lipinski definition) is 0. The molecule has 1 aromatic carbocycles. The van der Waals surface area contributed by atoms with Crippen LogP contribution >= 0.6 is 0 Å². The molecule has 3 nitrogen and oxygen atoms in total. The average Bonchev–Trinajstić information content (AvgIpc) is 2.81. The molecule has 3 rings (SSSR count). The van der Waals surface area contributed by atoms with E-state index in [9.17, 15) is 0 Å². The highest BCUT2D eigenvalue weighted by Gasteiger charge is 2.28. The third-order valence-corrected chi connectivity index (χ3v) is 7.56. The molecule has 0 N–H and O–H groups in total. The van der Waals surface area contributed by atoms with E-state index < -0.39 is 0 Å². The maximum atomic E-state index is 5.47. The second kappa shape index (κ2) is 12.4. The van der Waals surface area contributed by atoms with Crippen molar-refractivity contribution in [1.29, 1.82) is 0 Å². The molecule has 1 aromatic heterocycles. The lowest BCUT2D eigenvalue weighted by Gasteiger charge is -2.39. The highest BCUT2D eigenvalue weighted by Crippen LogP contribution is 2.35. The van der Waals surface area contributed by atoms with Gasteiger partial charge in [0.15, 0.2) is 0 Å². The molecule has 1 aliphatic heterocycles. The molecule has 3 heteroatoms. The second-order valence-electron chi connectivity index (χ2n) is 9.69. The van der Waals surface area contributed by atoms with Crippen LogP contribution in [0.1, 0.15) is 90.0 Å². The Hall–Kier alpha value is -1.61. The smallest absolute Gasteiger partial charge is 0.119 e. The summed E-state index contributed by atoms with van der Waals surface area (Å²) < 4.78 is 5.47. The fourth-order valence-corrected chi connectivity index (χ4v) is 5.46. The van der Waals surface area contributed by atoms with Crippen molar-refractivity contribution in [3.8, 4) is 5.75 Å². The average molecular weight is 425 g/mol. The monoisotopic (exact) mass is 424 g/mol. The minimum Gasteiger partial charge on any atom is -0.497 e. The van der Waals surface area contributed by atoms with E-state index in [1.165, 1.54) is 88.4 Å². The number of piperidine rings is 1. The van der Waals surface area contributed by atoms with Gasteiger partial charge in [0.25, 0.3) is 0 Å². The highest BCUT2D eigenvalue weighted by atomic mass is 16.5. The van der Waals surface area contributed by atoms with Gasteiger partial charge in [-0.2, -0.15) is 0 Å². The van der Waals surface area contributed by atoms with E-state index >= 15 is 0 Å². The minimum atomic E-state index is 0.548. The number of ether oxygens (including phenoxy) is 1. The Morgan fingerprint density at radius 1 is 1.10 bits per heavy atom. The molecule has 1 fully saturated rings. The van der Waals surface area contributed by atoms with E-state index in [2.05, 4.69) is 48.9 Å². The largest absolute Gasteiger partial charge is 0.497 e. The van der Waals surface area contributed by atoms with Crippen LogP contribution in [0.15, 0.2) is 30.5 Å². The summed E-state index contributed by atoms with van der Waals surface area (Å²) in [7, 11) is 1.74.